The Bertz CT molecular complexity index is 516. The van der Waals surface area contributed by atoms with Gasteiger partial charge in [-0.15, -0.1) is 10.2 Å². The lowest BCUT2D eigenvalue weighted by atomic mass is 9.99. The first-order valence-corrected chi connectivity index (χ1v) is 5.98. The number of hydrogen-bond acceptors (Lipinski definition) is 4. The highest BCUT2D eigenvalue weighted by atomic mass is 16.5. The molecular weight excluding hydrogens is 216 g/mol. The maximum Gasteiger partial charge on any atom is 0.161 e. The minimum atomic E-state index is 0.450. The van der Waals surface area contributed by atoms with Crippen molar-refractivity contribution in [3.63, 3.8) is 0 Å². The van der Waals surface area contributed by atoms with Crippen molar-refractivity contribution in [3.05, 3.63) is 24.2 Å². The molecule has 17 heavy (non-hydrogen) atoms. The minimum Gasteiger partial charge on any atom is -0.495 e. The number of pyridine rings is 1. The maximum absolute atomic E-state index is 5.24. The van der Waals surface area contributed by atoms with Crippen LogP contribution >= 0.6 is 0 Å². The molecular formula is C12H16N4O. The van der Waals surface area contributed by atoms with Crippen LogP contribution in [0.4, 0.5) is 0 Å². The van der Waals surface area contributed by atoms with E-state index < -0.39 is 0 Å². The summed E-state index contributed by atoms with van der Waals surface area (Å²) in [6, 6.07) is 3.85. The lowest BCUT2D eigenvalue weighted by Crippen LogP contribution is -2.29. The molecule has 5 heteroatoms. The second kappa shape index (κ2) is 4.33. The molecule has 1 aliphatic rings. The average molecular weight is 232 g/mol. The van der Waals surface area contributed by atoms with Gasteiger partial charge in [0.2, 0.25) is 0 Å². The van der Waals surface area contributed by atoms with E-state index >= 15 is 0 Å². The summed E-state index contributed by atoms with van der Waals surface area (Å²) in [4.78, 5) is 0. The summed E-state index contributed by atoms with van der Waals surface area (Å²) < 4.78 is 7.28. The molecule has 2 aromatic heterocycles. The van der Waals surface area contributed by atoms with Gasteiger partial charge in [-0.25, -0.2) is 0 Å². The molecule has 0 amide bonds. The molecule has 1 atom stereocenters. The summed E-state index contributed by atoms with van der Waals surface area (Å²) in [5.74, 6) is 2.32. The standard InChI is InChI=1S/C12H16N4O/c1-17-10-4-5-11-14-15-12(16(11)8-10)9-3-2-6-13-7-9/h4-5,8-9,13H,2-3,6-7H2,1H3. The molecule has 3 heterocycles. The van der Waals surface area contributed by atoms with Crippen molar-refractivity contribution in [1.82, 2.24) is 19.9 Å². The Morgan fingerprint density at radius 3 is 3.12 bits per heavy atom. The van der Waals surface area contributed by atoms with Gasteiger partial charge >= 0.3 is 0 Å². The molecule has 0 bridgehead atoms. The lowest BCUT2D eigenvalue weighted by molar-refractivity contribution is 0.410. The first-order valence-electron chi connectivity index (χ1n) is 5.98. The molecule has 0 spiro atoms. The van der Waals surface area contributed by atoms with Gasteiger partial charge in [0.25, 0.3) is 0 Å². The van der Waals surface area contributed by atoms with Crippen molar-refractivity contribution in [1.29, 1.82) is 0 Å². The number of methoxy groups -OCH3 is 1. The molecule has 5 nitrogen and oxygen atoms in total. The van der Waals surface area contributed by atoms with Crippen LogP contribution in [0.3, 0.4) is 0 Å². The van der Waals surface area contributed by atoms with Gasteiger partial charge in [-0.1, -0.05) is 0 Å². The third-order valence-corrected chi connectivity index (χ3v) is 3.30. The average Bonchev–Trinajstić information content (AvgIpc) is 2.82. The van der Waals surface area contributed by atoms with Crippen LogP contribution in [0.15, 0.2) is 18.3 Å². The summed E-state index contributed by atoms with van der Waals surface area (Å²) in [6.07, 6.45) is 4.33. The Morgan fingerprint density at radius 1 is 1.41 bits per heavy atom. The number of piperidine rings is 1. The minimum absolute atomic E-state index is 0.450. The molecule has 3 rings (SSSR count). The summed E-state index contributed by atoms with van der Waals surface area (Å²) >= 11 is 0. The first-order chi connectivity index (χ1) is 8.38. The van der Waals surface area contributed by atoms with E-state index in [1.165, 1.54) is 12.8 Å². The zero-order chi connectivity index (χ0) is 11.7. The highest BCUT2D eigenvalue weighted by Gasteiger charge is 2.20. The third kappa shape index (κ3) is 1.86. The summed E-state index contributed by atoms with van der Waals surface area (Å²) in [5.41, 5.74) is 0.881. The van der Waals surface area contributed by atoms with Gasteiger partial charge in [-0.2, -0.15) is 0 Å². The number of nitrogens with one attached hydrogen (secondary N) is 1. The highest BCUT2D eigenvalue weighted by Crippen LogP contribution is 2.23. The number of ether oxygens (including phenoxy) is 1. The van der Waals surface area contributed by atoms with Crippen LogP contribution in [0.2, 0.25) is 0 Å². The Kier molecular flexibility index (Phi) is 2.68. The molecule has 2 aromatic rings. The van der Waals surface area contributed by atoms with E-state index in [2.05, 4.69) is 15.5 Å². The maximum atomic E-state index is 5.24. The zero-order valence-corrected chi connectivity index (χ0v) is 9.89. The van der Waals surface area contributed by atoms with Crippen LogP contribution in [0, 0.1) is 0 Å². The van der Waals surface area contributed by atoms with Crippen LogP contribution in [0.5, 0.6) is 5.75 Å². The van der Waals surface area contributed by atoms with E-state index in [-0.39, 0.29) is 0 Å². The quantitative estimate of drug-likeness (QED) is 0.845. The van der Waals surface area contributed by atoms with Gasteiger partial charge in [0, 0.05) is 12.5 Å². The molecule has 0 aromatic carbocycles. The monoisotopic (exact) mass is 232 g/mol. The van der Waals surface area contributed by atoms with Crippen molar-refractivity contribution >= 4 is 5.65 Å². The Balaban J connectivity index is 2.02. The fourth-order valence-corrected chi connectivity index (χ4v) is 2.36. The Labute approximate surface area is 99.8 Å². The number of fused-ring (bicyclic) bond motifs is 1. The normalized spacial score (nSPS) is 20.6. The van der Waals surface area contributed by atoms with Crippen molar-refractivity contribution in [2.45, 2.75) is 18.8 Å². The third-order valence-electron chi connectivity index (χ3n) is 3.30. The SMILES string of the molecule is COc1ccc2nnc(C3CCCNC3)n2c1. The van der Waals surface area contributed by atoms with Crippen molar-refractivity contribution in [2.24, 2.45) is 0 Å². The number of aromatic nitrogens is 3. The molecule has 1 fully saturated rings. The van der Waals surface area contributed by atoms with E-state index in [1.54, 1.807) is 7.11 Å². The predicted molar refractivity (Wildman–Crippen MR) is 64.4 cm³/mol. The lowest BCUT2D eigenvalue weighted by Gasteiger charge is -2.21. The summed E-state index contributed by atoms with van der Waals surface area (Å²) in [7, 11) is 1.67. The van der Waals surface area contributed by atoms with Crippen molar-refractivity contribution < 1.29 is 4.74 Å². The molecule has 1 saturated heterocycles. The van der Waals surface area contributed by atoms with Crippen LogP contribution in [-0.4, -0.2) is 34.8 Å². The van der Waals surface area contributed by atoms with Crippen molar-refractivity contribution in [3.8, 4) is 5.75 Å². The predicted octanol–water partition coefficient (Wildman–Crippen LogP) is 1.20. The van der Waals surface area contributed by atoms with Gasteiger partial charge in [-0.05, 0) is 31.5 Å². The van der Waals surface area contributed by atoms with E-state index in [0.717, 1.165) is 30.3 Å². The summed E-state index contributed by atoms with van der Waals surface area (Å²) in [5, 5.41) is 11.9. The van der Waals surface area contributed by atoms with Gasteiger partial charge in [0.15, 0.2) is 5.65 Å². The van der Waals surface area contributed by atoms with Gasteiger partial charge in [0.1, 0.15) is 11.6 Å². The van der Waals surface area contributed by atoms with Gasteiger partial charge in [-0.3, -0.25) is 4.40 Å². The number of nitrogens with zero attached hydrogens (tertiary/aromatic N) is 3. The smallest absolute Gasteiger partial charge is 0.161 e. The Morgan fingerprint density at radius 2 is 2.35 bits per heavy atom. The second-order valence-electron chi connectivity index (χ2n) is 4.40. The van der Waals surface area contributed by atoms with E-state index in [1.807, 2.05) is 22.7 Å². The van der Waals surface area contributed by atoms with Gasteiger partial charge < -0.3 is 10.1 Å². The molecule has 1 unspecified atom stereocenters. The number of hydrogen-bond donors (Lipinski definition) is 1. The molecule has 90 valence electrons. The van der Waals surface area contributed by atoms with Crippen LogP contribution < -0.4 is 10.1 Å². The van der Waals surface area contributed by atoms with E-state index in [9.17, 15) is 0 Å². The summed E-state index contributed by atoms with van der Waals surface area (Å²) in [6.45, 7) is 2.09. The van der Waals surface area contributed by atoms with Gasteiger partial charge in [0.05, 0.1) is 13.3 Å². The molecule has 0 radical (unpaired) electrons. The second-order valence-corrected chi connectivity index (χ2v) is 4.40. The molecule has 1 N–H and O–H groups in total. The zero-order valence-electron chi connectivity index (χ0n) is 9.89. The van der Waals surface area contributed by atoms with E-state index in [0.29, 0.717) is 5.92 Å². The number of rotatable bonds is 2. The first kappa shape index (κ1) is 10.5. The molecule has 0 aliphatic carbocycles. The van der Waals surface area contributed by atoms with Crippen LogP contribution in [0.1, 0.15) is 24.6 Å². The topological polar surface area (TPSA) is 51.5 Å². The fourth-order valence-electron chi connectivity index (χ4n) is 2.36. The van der Waals surface area contributed by atoms with Crippen LogP contribution in [0.25, 0.3) is 5.65 Å². The van der Waals surface area contributed by atoms with Crippen LogP contribution in [-0.2, 0) is 0 Å². The van der Waals surface area contributed by atoms with E-state index in [4.69, 9.17) is 4.74 Å². The highest BCUT2D eigenvalue weighted by molar-refractivity contribution is 5.41. The largest absolute Gasteiger partial charge is 0.495 e. The molecule has 1 aliphatic heterocycles. The van der Waals surface area contributed by atoms with Crippen molar-refractivity contribution in [2.75, 3.05) is 20.2 Å². The Hall–Kier alpha value is -1.62. The fraction of sp³-hybridized carbons (Fsp3) is 0.500. The molecule has 0 saturated carbocycles.